The normalized spacial score (nSPS) is 35.0. The average molecular weight is 608 g/mol. The second kappa shape index (κ2) is 12.8. The molecule has 4 rings (SSSR count). The summed E-state index contributed by atoms with van der Waals surface area (Å²) < 4.78 is 11.7. The van der Waals surface area contributed by atoms with Crippen LogP contribution in [0.25, 0.3) is 0 Å². The van der Waals surface area contributed by atoms with Crippen LogP contribution in [0.3, 0.4) is 0 Å². The SMILES string of the molecule is CC1(C)CC(NCCC(=O)NC2CC(C)(C)NC(C)(C)C2)CC(C)(C)N1.CCC1(C)CC2(OCO2)C(C)C(C)(CC)N1C. The summed E-state index contributed by atoms with van der Waals surface area (Å²) >= 11 is 0. The first kappa shape index (κ1) is 36.7. The van der Waals surface area contributed by atoms with E-state index in [-0.39, 0.29) is 51.0 Å². The number of piperidine rings is 3. The third-order valence-electron chi connectivity index (χ3n) is 11.4. The zero-order valence-corrected chi connectivity index (χ0v) is 30.5. The molecule has 4 aliphatic heterocycles. The maximum absolute atomic E-state index is 12.4. The molecule has 4 saturated heterocycles. The van der Waals surface area contributed by atoms with Gasteiger partial charge in [-0.05, 0) is 115 Å². The maximum atomic E-state index is 12.4. The number of nitrogens with one attached hydrogen (secondary N) is 4. The fraction of sp³-hybridized carbons (Fsp3) is 0.971. The van der Waals surface area contributed by atoms with Crippen LogP contribution in [0.4, 0.5) is 0 Å². The molecule has 4 fully saturated rings. The Kier molecular flexibility index (Phi) is 10.9. The van der Waals surface area contributed by atoms with Crippen LogP contribution in [0, 0.1) is 5.92 Å². The van der Waals surface area contributed by atoms with E-state index in [1.807, 2.05) is 0 Å². The molecule has 1 spiro atoms. The van der Waals surface area contributed by atoms with Gasteiger partial charge in [0.15, 0.2) is 12.6 Å². The molecule has 0 bridgehead atoms. The van der Waals surface area contributed by atoms with E-state index in [0.717, 1.165) is 51.5 Å². The fourth-order valence-corrected chi connectivity index (χ4v) is 9.23. The molecule has 4 heterocycles. The second-order valence-corrected chi connectivity index (χ2v) is 17.5. The third kappa shape index (κ3) is 8.74. The first-order valence-corrected chi connectivity index (χ1v) is 17.1. The Morgan fingerprint density at radius 2 is 1.26 bits per heavy atom. The van der Waals surface area contributed by atoms with Crippen molar-refractivity contribution >= 4 is 5.91 Å². The van der Waals surface area contributed by atoms with E-state index in [9.17, 15) is 4.79 Å². The molecular weight excluding hydrogens is 538 g/mol. The lowest BCUT2D eigenvalue weighted by atomic mass is 9.66. The summed E-state index contributed by atoms with van der Waals surface area (Å²) in [4.78, 5) is 15.0. The van der Waals surface area contributed by atoms with E-state index < -0.39 is 0 Å². The van der Waals surface area contributed by atoms with Gasteiger partial charge in [0.25, 0.3) is 0 Å². The second-order valence-electron chi connectivity index (χ2n) is 17.5. The Labute approximate surface area is 264 Å². The number of likely N-dealkylation sites (tertiary alicyclic amines) is 1. The van der Waals surface area contributed by atoms with Gasteiger partial charge in [0.05, 0.1) is 0 Å². The molecule has 252 valence electrons. The summed E-state index contributed by atoms with van der Waals surface area (Å²) in [6.45, 7) is 30.6. The summed E-state index contributed by atoms with van der Waals surface area (Å²) in [6.07, 6.45) is 7.91. The highest BCUT2D eigenvalue weighted by molar-refractivity contribution is 5.76. The first-order chi connectivity index (χ1) is 19.5. The maximum Gasteiger partial charge on any atom is 0.221 e. The van der Waals surface area contributed by atoms with Crippen LogP contribution in [0.2, 0.25) is 0 Å². The summed E-state index contributed by atoms with van der Waals surface area (Å²) in [5.41, 5.74) is 0.692. The molecule has 0 radical (unpaired) electrons. The molecule has 43 heavy (non-hydrogen) atoms. The zero-order valence-electron chi connectivity index (χ0n) is 30.5. The Bertz CT molecular complexity index is 912. The van der Waals surface area contributed by atoms with Crippen molar-refractivity contribution in [2.24, 2.45) is 5.92 Å². The molecule has 0 aliphatic carbocycles. The Hall–Kier alpha value is -0.770. The smallest absolute Gasteiger partial charge is 0.221 e. The van der Waals surface area contributed by atoms with Crippen molar-refractivity contribution in [3.63, 3.8) is 0 Å². The van der Waals surface area contributed by atoms with Crippen LogP contribution >= 0.6 is 0 Å². The minimum Gasteiger partial charge on any atom is -0.353 e. The van der Waals surface area contributed by atoms with Crippen LogP contribution in [0.15, 0.2) is 0 Å². The minimum atomic E-state index is -0.331. The van der Waals surface area contributed by atoms with Crippen molar-refractivity contribution in [1.82, 2.24) is 26.2 Å². The van der Waals surface area contributed by atoms with Gasteiger partial charge in [-0.3, -0.25) is 9.69 Å². The number of nitrogens with zero attached hydrogens (tertiary/aromatic N) is 1. The topological polar surface area (TPSA) is 86.9 Å². The molecule has 4 N–H and O–H groups in total. The summed E-state index contributed by atoms with van der Waals surface area (Å²) in [6, 6.07) is 0.719. The van der Waals surface area contributed by atoms with Gasteiger partial charge < -0.3 is 30.7 Å². The van der Waals surface area contributed by atoms with E-state index in [0.29, 0.717) is 25.2 Å². The molecule has 8 nitrogen and oxygen atoms in total. The van der Waals surface area contributed by atoms with E-state index >= 15 is 0 Å². The van der Waals surface area contributed by atoms with Gasteiger partial charge in [0.2, 0.25) is 5.91 Å². The van der Waals surface area contributed by atoms with Gasteiger partial charge in [-0.15, -0.1) is 0 Å². The van der Waals surface area contributed by atoms with E-state index in [1.165, 1.54) is 0 Å². The van der Waals surface area contributed by atoms with Gasteiger partial charge in [0, 0.05) is 70.6 Å². The van der Waals surface area contributed by atoms with Gasteiger partial charge >= 0.3 is 0 Å². The molecule has 3 atom stereocenters. The van der Waals surface area contributed by atoms with E-state index in [1.54, 1.807) is 0 Å². The molecule has 0 aromatic heterocycles. The average Bonchev–Trinajstić information content (AvgIpc) is 2.80. The largest absolute Gasteiger partial charge is 0.353 e. The lowest BCUT2D eigenvalue weighted by molar-refractivity contribution is -0.447. The van der Waals surface area contributed by atoms with Crippen LogP contribution in [-0.2, 0) is 14.3 Å². The van der Waals surface area contributed by atoms with Gasteiger partial charge in [-0.1, -0.05) is 20.8 Å². The molecule has 0 aromatic carbocycles. The molecular formula is C35H69N5O3. The number of hydrogen-bond donors (Lipinski definition) is 4. The van der Waals surface area contributed by atoms with E-state index in [4.69, 9.17) is 9.47 Å². The summed E-state index contributed by atoms with van der Waals surface area (Å²) in [5.74, 6) is 0.240. The van der Waals surface area contributed by atoms with Gasteiger partial charge in [-0.2, -0.15) is 0 Å². The summed E-state index contributed by atoms with van der Waals surface area (Å²) in [7, 11) is 2.26. The van der Waals surface area contributed by atoms with Crippen molar-refractivity contribution in [3.05, 3.63) is 0 Å². The quantitative estimate of drug-likeness (QED) is 0.296. The first-order valence-electron chi connectivity index (χ1n) is 17.1. The van der Waals surface area contributed by atoms with Crippen LogP contribution < -0.4 is 21.3 Å². The van der Waals surface area contributed by atoms with Crippen molar-refractivity contribution in [3.8, 4) is 0 Å². The van der Waals surface area contributed by atoms with Gasteiger partial charge in [-0.25, -0.2) is 0 Å². The lowest BCUT2D eigenvalue weighted by Gasteiger charge is -2.65. The minimum absolute atomic E-state index is 0.0597. The molecule has 3 unspecified atom stereocenters. The number of rotatable bonds is 7. The third-order valence-corrected chi connectivity index (χ3v) is 11.4. The molecule has 8 heteroatoms. The number of amides is 1. The number of hydrogen-bond acceptors (Lipinski definition) is 7. The van der Waals surface area contributed by atoms with Gasteiger partial charge in [0.1, 0.15) is 0 Å². The van der Waals surface area contributed by atoms with Crippen molar-refractivity contribution in [2.45, 2.75) is 192 Å². The molecule has 0 aromatic rings. The Balaban J connectivity index is 0.000000257. The van der Waals surface area contributed by atoms with Crippen molar-refractivity contribution < 1.29 is 14.3 Å². The lowest BCUT2D eigenvalue weighted by Crippen LogP contribution is -2.74. The number of ether oxygens (including phenoxy) is 2. The van der Waals surface area contributed by atoms with Crippen molar-refractivity contribution in [2.75, 3.05) is 20.4 Å². The Morgan fingerprint density at radius 3 is 1.65 bits per heavy atom. The molecule has 4 aliphatic rings. The van der Waals surface area contributed by atoms with Crippen LogP contribution in [0.1, 0.15) is 141 Å². The molecule has 0 saturated carbocycles. The summed E-state index contributed by atoms with van der Waals surface area (Å²) in [5, 5.41) is 14.3. The highest BCUT2D eigenvalue weighted by Crippen LogP contribution is 2.53. The number of carbonyl (C=O) groups is 1. The Morgan fingerprint density at radius 1 is 0.791 bits per heavy atom. The predicted octanol–water partition coefficient (Wildman–Crippen LogP) is 5.70. The van der Waals surface area contributed by atoms with E-state index in [2.05, 4.69) is 123 Å². The highest BCUT2D eigenvalue weighted by Gasteiger charge is 2.62. The monoisotopic (exact) mass is 608 g/mol. The van der Waals surface area contributed by atoms with Crippen LogP contribution in [-0.4, -0.2) is 82.3 Å². The molecule has 1 amide bonds. The highest BCUT2D eigenvalue weighted by atomic mass is 16.9. The zero-order chi connectivity index (χ0) is 32.7. The van der Waals surface area contributed by atoms with Crippen molar-refractivity contribution in [1.29, 1.82) is 0 Å². The van der Waals surface area contributed by atoms with Crippen LogP contribution in [0.5, 0.6) is 0 Å². The standard InChI is InChI=1S/C21H42N4O.C14H27NO2/c1-18(2)11-15(12-19(3,4)24-18)22-10-9-17(26)23-16-13-20(5,6)25-21(7,8)14-16;1-7-12(4)9-14(16-10-17-14)11(3)13(5,8-2)15(12)6/h15-16,22,24-25H,9-14H2,1-8H3,(H,23,26);11H,7-10H2,1-6H3. The number of carbonyl (C=O) groups excluding carboxylic acids is 1. The fourth-order valence-electron chi connectivity index (χ4n) is 9.23. The predicted molar refractivity (Wildman–Crippen MR) is 178 cm³/mol.